The van der Waals surface area contributed by atoms with Crippen LogP contribution in [0.25, 0.3) is 0 Å². The van der Waals surface area contributed by atoms with Gasteiger partial charge < -0.3 is 4.74 Å². The van der Waals surface area contributed by atoms with Gasteiger partial charge in [0.15, 0.2) is 5.78 Å². The second-order valence-corrected chi connectivity index (χ2v) is 10.4. The normalized spacial score (nSPS) is 14.5. The highest BCUT2D eigenvalue weighted by atomic mass is 19.1. The first-order valence-electron chi connectivity index (χ1n) is 15.5. The molecule has 0 amide bonds. The maximum atomic E-state index is 12.6. The molecule has 1 fully saturated rings. The zero-order valence-electron chi connectivity index (χ0n) is 27.4. The molecule has 1 saturated heterocycles. The number of aryl methyl sites for hydroxylation is 4. The van der Waals surface area contributed by atoms with Crippen LogP contribution in [0.1, 0.15) is 139 Å². The van der Waals surface area contributed by atoms with Gasteiger partial charge in [0.1, 0.15) is 5.82 Å². The highest BCUT2D eigenvalue weighted by Gasteiger charge is 2.10. The van der Waals surface area contributed by atoms with E-state index in [1.165, 1.54) is 62.1 Å². The molecule has 1 aliphatic rings. The van der Waals surface area contributed by atoms with Gasteiger partial charge in [-0.25, -0.2) is 4.39 Å². The maximum Gasteiger partial charge on any atom is 0.160 e. The molecule has 1 heterocycles. The summed E-state index contributed by atoms with van der Waals surface area (Å²) in [4.78, 5) is 11.3. The fourth-order valence-electron chi connectivity index (χ4n) is 4.07. The first-order valence-corrected chi connectivity index (χ1v) is 15.5. The smallest absolute Gasteiger partial charge is 0.160 e. The van der Waals surface area contributed by atoms with Crippen LogP contribution in [0.4, 0.5) is 4.39 Å². The predicted molar refractivity (Wildman–Crippen MR) is 171 cm³/mol. The maximum absolute atomic E-state index is 12.6. The Hall–Kier alpha value is -2.00. The number of Topliss-reactive ketones (excluding diaryl/α,β-unsaturated/α-hetero) is 1. The van der Waals surface area contributed by atoms with E-state index in [1.54, 1.807) is 19.9 Å². The molecule has 3 heteroatoms. The molecular weight excluding hydrogens is 483 g/mol. The molecule has 1 aliphatic heterocycles. The minimum atomic E-state index is -0.116. The van der Waals surface area contributed by atoms with Crippen LogP contribution in [0, 0.1) is 32.5 Å². The van der Waals surface area contributed by atoms with Crippen molar-refractivity contribution in [3.8, 4) is 0 Å². The topological polar surface area (TPSA) is 26.3 Å². The van der Waals surface area contributed by atoms with Gasteiger partial charge in [-0.05, 0) is 88.5 Å². The number of hydrogen-bond donors (Lipinski definition) is 0. The van der Waals surface area contributed by atoms with Gasteiger partial charge in [-0.15, -0.1) is 0 Å². The van der Waals surface area contributed by atoms with Gasteiger partial charge in [-0.3, -0.25) is 4.79 Å². The van der Waals surface area contributed by atoms with E-state index in [4.69, 9.17) is 4.74 Å². The molecule has 2 unspecified atom stereocenters. The third kappa shape index (κ3) is 19.7. The van der Waals surface area contributed by atoms with E-state index in [-0.39, 0.29) is 11.6 Å². The lowest BCUT2D eigenvalue weighted by Crippen LogP contribution is -2.17. The van der Waals surface area contributed by atoms with Crippen molar-refractivity contribution < 1.29 is 13.9 Å². The van der Waals surface area contributed by atoms with Gasteiger partial charge in [-0.1, -0.05) is 110 Å². The molecule has 0 spiro atoms. The van der Waals surface area contributed by atoms with E-state index in [0.717, 1.165) is 36.5 Å². The van der Waals surface area contributed by atoms with E-state index >= 15 is 0 Å². The van der Waals surface area contributed by atoms with Crippen molar-refractivity contribution in [2.75, 3.05) is 6.61 Å². The summed E-state index contributed by atoms with van der Waals surface area (Å²) in [5.74, 6) is 1.00. The molecular formula is C36H61FO2. The first-order chi connectivity index (χ1) is 18.6. The van der Waals surface area contributed by atoms with Crippen molar-refractivity contribution in [3.05, 3.63) is 70.0 Å². The van der Waals surface area contributed by atoms with E-state index in [0.29, 0.717) is 11.7 Å². The van der Waals surface area contributed by atoms with Crippen LogP contribution in [-0.4, -0.2) is 18.5 Å². The Morgan fingerprint density at radius 3 is 1.95 bits per heavy atom. The zero-order valence-corrected chi connectivity index (χ0v) is 27.4. The lowest BCUT2D eigenvalue weighted by atomic mass is 9.98. The summed E-state index contributed by atoms with van der Waals surface area (Å²) in [5.41, 5.74) is 4.98. The molecule has 0 saturated carbocycles. The van der Waals surface area contributed by atoms with Crippen LogP contribution in [0.2, 0.25) is 0 Å². The fraction of sp³-hybridized carbons (Fsp3) is 0.639. The third-order valence-electron chi connectivity index (χ3n) is 6.69. The van der Waals surface area contributed by atoms with Crippen molar-refractivity contribution >= 4 is 5.78 Å². The number of halogens is 1. The van der Waals surface area contributed by atoms with Gasteiger partial charge in [-0.2, -0.15) is 0 Å². The average molecular weight is 545 g/mol. The van der Waals surface area contributed by atoms with Crippen LogP contribution in [0.5, 0.6) is 0 Å². The standard InChI is InChI=1S/C12H16O.C8H9F.C7H14O.C7H16.C2H6/c1-4-5-11-8-9(2)6-7-12(11)10(3)13;1-6-3-4-7(2)8(9)5-6;1-2-7-5-3-4-6-8-7;1-4-6-7(3)5-2;1-2/h6-8H,4-5H2,1-3H3;3-5H,1-2H3;7H,2-6H2,1H3;7H,4-6H2,1-3H3;1-2H3. The quantitative estimate of drug-likeness (QED) is 0.324. The largest absolute Gasteiger partial charge is 0.378 e. The van der Waals surface area contributed by atoms with Gasteiger partial charge in [0.05, 0.1) is 6.10 Å². The molecule has 39 heavy (non-hydrogen) atoms. The van der Waals surface area contributed by atoms with Gasteiger partial charge in [0.2, 0.25) is 0 Å². The van der Waals surface area contributed by atoms with Crippen LogP contribution in [0.3, 0.4) is 0 Å². The summed E-state index contributed by atoms with van der Waals surface area (Å²) < 4.78 is 18.0. The molecule has 2 atom stereocenters. The minimum Gasteiger partial charge on any atom is -0.378 e. The van der Waals surface area contributed by atoms with E-state index in [1.807, 2.05) is 39.0 Å². The number of ketones is 1. The number of hydrogen-bond acceptors (Lipinski definition) is 2. The summed E-state index contributed by atoms with van der Waals surface area (Å²) in [7, 11) is 0. The van der Waals surface area contributed by atoms with Crippen molar-refractivity contribution in [2.24, 2.45) is 5.92 Å². The molecule has 224 valence electrons. The monoisotopic (exact) mass is 544 g/mol. The lowest BCUT2D eigenvalue weighted by Gasteiger charge is -2.20. The molecule has 2 aromatic carbocycles. The summed E-state index contributed by atoms with van der Waals surface area (Å²) in [6.45, 7) is 23.4. The highest BCUT2D eigenvalue weighted by Crippen LogP contribution is 2.15. The summed E-state index contributed by atoms with van der Waals surface area (Å²) in [6, 6.07) is 11.3. The summed E-state index contributed by atoms with van der Waals surface area (Å²) >= 11 is 0. The van der Waals surface area contributed by atoms with E-state index in [9.17, 15) is 9.18 Å². The van der Waals surface area contributed by atoms with Crippen molar-refractivity contribution in [1.29, 1.82) is 0 Å². The van der Waals surface area contributed by atoms with Gasteiger partial charge >= 0.3 is 0 Å². The summed E-state index contributed by atoms with van der Waals surface area (Å²) in [5, 5.41) is 0. The first kappa shape index (κ1) is 39.1. The van der Waals surface area contributed by atoms with Crippen LogP contribution in [-0.2, 0) is 11.2 Å². The number of carbonyl (C=O) groups is 1. The van der Waals surface area contributed by atoms with Crippen molar-refractivity contribution in [1.82, 2.24) is 0 Å². The van der Waals surface area contributed by atoms with Crippen molar-refractivity contribution in [2.45, 2.75) is 140 Å². The average Bonchev–Trinajstić information content (AvgIpc) is 2.94. The molecule has 0 bridgehead atoms. The van der Waals surface area contributed by atoms with Crippen molar-refractivity contribution in [3.63, 3.8) is 0 Å². The Kier molecular flexibility index (Phi) is 25.1. The van der Waals surface area contributed by atoms with E-state index < -0.39 is 0 Å². The Labute approximate surface area is 242 Å². The fourth-order valence-corrected chi connectivity index (χ4v) is 4.07. The molecule has 0 radical (unpaired) electrons. The third-order valence-corrected chi connectivity index (χ3v) is 6.69. The molecule has 0 N–H and O–H groups in total. The SMILES string of the molecule is CC.CCC1CCCCO1.CCCC(C)CC.CCCc1cc(C)ccc1C(C)=O.Cc1ccc(C)c(F)c1. The Bertz CT molecular complexity index is 868. The Morgan fingerprint density at radius 2 is 1.56 bits per heavy atom. The second kappa shape index (κ2) is 25.0. The molecule has 3 rings (SSSR count). The summed E-state index contributed by atoms with van der Waals surface area (Å²) in [6.07, 6.45) is 11.9. The number of ether oxygens (including phenoxy) is 1. The highest BCUT2D eigenvalue weighted by molar-refractivity contribution is 5.95. The van der Waals surface area contributed by atoms with E-state index in [2.05, 4.69) is 47.6 Å². The molecule has 0 aliphatic carbocycles. The van der Waals surface area contributed by atoms with Gasteiger partial charge in [0.25, 0.3) is 0 Å². The number of benzene rings is 2. The van der Waals surface area contributed by atoms with Crippen LogP contribution >= 0.6 is 0 Å². The van der Waals surface area contributed by atoms with Crippen LogP contribution in [0.15, 0.2) is 36.4 Å². The predicted octanol–water partition coefficient (Wildman–Crippen LogP) is 11.4. The Balaban J connectivity index is 0. The number of rotatable bonds is 7. The van der Waals surface area contributed by atoms with Crippen LogP contribution < -0.4 is 0 Å². The Morgan fingerprint density at radius 1 is 0.949 bits per heavy atom. The number of carbonyl (C=O) groups excluding carboxylic acids is 1. The lowest BCUT2D eigenvalue weighted by molar-refractivity contribution is 0.0143. The minimum absolute atomic E-state index is 0.116. The molecule has 2 aromatic rings. The molecule has 0 aromatic heterocycles. The zero-order chi connectivity index (χ0) is 30.2. The van der Waals surface area contributed by atoms with Gasteiger partial charge in [0, 0.05) is 12.2 Å². The second-order valence-electron chi connectivity index (χ2n) is 10.4. The molecule has 2 nitrogen and oxygen atoms in total.